The second-order valence-corrected chi connectivity index (χ2v) is 6.19. The highest BCUT2D eigenvalue weighted by Crippen LogP contribution is 2.22. The average molecular weight is 349 g/mol. The van der Waals surface area contributed by atoms with Crippen LogP contribution in [0, 0.1) is 0 Å². The molecule has 1 atom stereocenters. The Morgan fingerprint density at radius 1 is 1.19 bits per heavy atom. The van der Waals surface area contributed by atoms with E-state index in [4.69, 9.17) is 4.74 Å². The predicted octanol–water partition coefficient (Wildman–Crippen LogP) is 3.90. The van der Waals surface area contributed by atoms with Gasteiger partial charge in [0.15, 0.2) is 6.61 Å². The minimum Gasteiger partial charge on any atom is -0.484 e. The van der Waals surface area contributed by atoms with Crippen molar-refractivity contribution in [3.05, 3.63) is 72.1 Å². The van der Waals surface area contributed by atoms with Crippen LogP contribution in [0.4, 0.5) is 0 Å². The molecular formula is C21H23N3O2. The molecule has 0 aliphatic rings. The topological polar surface area (TPSA) is 67.0 Å². The smallest absolute Gasteiger partial charge is 0.258 e. The second-order valence-electron chi connectivity index (χ2n) is 6.19. The third-order valence-electron chi connectivity index (χ3n) is 4.30. The minimum atomic E-state index is -0.147. The molecule has 5 heteroatoms. The molecule has 1 aromatic heterocycles. The van der Waals surface area contributed by atoms with Crippen molar-refractivity contribution >= 4 is 5.91 Å². The van der Waals surface area contributed by atoms with E-state index in [9.17, 15) is 4.79 Å². The van der Waals surface area contributed by atoms with Crippen LogP contribution in [0.25, 0.3) is 11.1 Å². The number of aryl methyl sites for hydroxylation is 1. The van der Waals surface area contributed by atoms with Crippen LogP contribution < -0.4 is 10.1 Å². The Bertz CT molecular complexity index is 842. The molecule has 3 aromatic rings. The Labute approximate surface area is 153 Å². The van der Waals surface area contributed by atoms with Crippen LogP contribution in [-0.2, 0) is 11.2 Å². The normalized spacial score (nSPS) is 11.8. The van der Waals surface area contributed by atoms with Crippen molar-refractivity contribution in [1.82, 2.24) is 15.5 Å². The van der Waals surface area contributed by atoms with Crippen molar-refractivity contribution in [3.8, 4) is 16.9 Å². The molecule has 1 heterocycles. The van der Waals surface area contributed by atoms with Gasteiger partial charge in [0.05, 0.1) is 12.2 Å². The van der Waals surface area contributed by atoms with E-state index in [1.807, 2.05) is 37.4 Å². The highest BCUT2D eigenvalue weighted by atomic mass is 16.5. The molecule has 3 rings (SSSR count). The summed E-state index contributed by atoms with van der Waals surface area (Å²) in [5.41, 5.74) is 4.33. The van der Waals surface area contributed by atoms with Crippen LogP contribution in [0.2, 0.25) is 0 Å². The van der Waals surface area contributed by atoms with Crippen LogP contribution >= 0.6 is 0 Å². The molecule has 134 valence electrons. The summed E-state index contributed by atoms with van der Waals surface area (Å²) in [5, 5.41) is 9.70. The molecule has 1 amide bonds. The number of H-pyrrole nitrogens is 1. The first kappa shape index (κ1) is 17.7. The summed E-state index contributed by atoms with van der Waals surface area (Å²) < 4.78 is 5.64. The molecule has 0 aliphatic carbocycles. The molecule has 1 unspecified atom stereocenters. The fraction of sp³-hybridized carbons (Fsp3) is 0.238. The number of carbonyl (C=O) groups is 1. The van der Waals surface area contributed by atoms with Gasteiger partial charge in [0.25, 0.3) is 5.91 Å². The molecule has 2 aromatic carbocycles. The fourth-order valence-corrected chi connectivity index (χ4v) is 2.73. The van der Waals surface area contributed by atoms with Gasteiger partial charge in [0.2, 0.25) is 0 Å². The maximum Gasteiger partial charge on any atom is 0.258 e. The zero-order chi connectivity index (χ0) is 18.4. The predicted molar refractivity (Wildman–Crippen MR) is 102 cm³/mol. The molecule has 5 nitrogen and oxygen atoms in total. The van der Waals surface area contributed by atoms with Gasteiger partial charge in [-0.1, -0.05) is 43.3 Å². The average Bonchev–Trinajstić information content (AvgIpc) is 3.21. The standard InChI is InChI=1S/C21H23N3O2/c1-3-16-7-9-17(10-8-16)15(2)24-21(25)14-26-20-6-4-5-18(11-20)19-12-22-23-13-19/h4-13,15H,3,14H2,1-2H3,(H,22,23)(H,24,25). The Hall–Kier alpha value is -3.08. The van der Waals surface area contributed by atoms with Gasteiger partial charge in [0, 0.05) is 11.8 Å². The number of aromatic amines is 1. The van der Waals surface area contributed by atoms with E-state index in [1.54, 1.807) is 6.20 Å². The van der Waals surface area contributed by atoms with E-state index in [2.05, 4.69) is 46.7 Å². The van der Waals surface area contributed by atoms with Crippen molar-refractivity contribution in [2.24, 2.45) is 0 Å². The van der Waals surface area contributed by atoms with Crippen molar-refractivity contribution < 1.29 is 9.53 Å². The molecule has 0 spiro atoms. The number of benzene rings is 2. The van der Waals surface area contributed by atoms with Gasteiger partial charge in [-0.25, -0.2) is 0 Å². The molecule has 0 saturated heterocycles. The van der Waals surface area contributed by atoms with E-state index >= 15 is 0 Å². The van der Waals surface area contributed by atoms with Crippen LogP contribution in [0.5, 0.6) is 5.75 Å². The number of aromatic nitrogens is 2. The van der Waals surface area contributed by atoms with Gasteiger partial charge in [-0.15, -0.1) is 0 Å². The maximum atomic E-state index is 12.2. The first-order valence-electron chi connectivity index (χ1n) is 8.76. The molecule has 0 radical (unpaired) electrons. The van der Waals surface area contributed by atoms with Crippen molar-refractivity contribution in [3.63, 3.8) is 0 Å². The number of hydrogen-bond donors (Lipinski definition) is 2. The summed E-state index contributed by atoms with van der Waals surface area (Å²) in [5.74, 6) is 0.504. The van der Waals surface area contributed by atoms with Crippen molar-refractivity contribution in [2.75, 3.05) is 6.61 Å². The van der Waals surface area contributed by atoms with Crippen molar-refractivity contribution in [2.45, 2.75) is 26.3 Å². The maximum absolute atomic E-state index is 12.2. The summed E-state index contributed by atoms with van der Waals surface area (Å²) in [4.78, 5) is 12.2. The Morgan fingerprint density at radius 2 is 2.00 bits per heavy atom. The largest absolute Gasteiger partial charge is 0.484 e. The lowest BCUT2D eigenvalue weighted by Gasteiger charge is -2.15. The van der Waals surface area contributed by atoms with Crippen LogP contribution in [0.15, 0.2) is 60.9 Å². The van der Waals surface area contributed by atoms with E-state index in [0.29, 0.717) is 5.75 Å². The van der Waals surface area contributed by atoms with Gasteiger partial charge in [-0.05, 0) is 42.2 Å². The van der Waals surface area contributed by atoms with Crippen molar-refractivity contribution in [1.29, 1.82) is 0 Å². The molecule has 26 heavy (non-hydrogen) atoms. The third-order valence-corrected chi connectivity index (χ3v) is 4.30. The highest BCUT2D eigenvalue weighted by Gasteiger charge is 2.10. The molecule has 2 N–H and O–H groups in total. The van der Waals surface area contributed by atoms with E-state index < -0.39 is 0 Å². The lowest BCUT2D eigenvalue weighted by molar-refractivity contribution is -0.123. The van der Waals surface area contributed by atoms with Gasteiger partial charge in [0.1, 0.15) is 5.75 Å². The fourth-order valence-electron chi connectivity index (χ4n) is 2.73. The summed E-state index contributed by atoms with van der Waals surface area (Å²) in [6, 6.07) is 15.8. The van der Waals surface area contributed by atoms with E-state index in [0.717, 1.165) is 23.1 Å². The Balaban J connectivity index is 1.54. The van der Waals surface area contributed by atoms with Gasteiger partial charge in [-0.3, -0.25) is 9.89 Å². The summed E-state index contributed by atoms with van der Waals surface area (Å²) >= 11 is 0. The van der Waals surface area contributed by atoms with Crippen LogP contribution in [0.1, 0.15) is 31.0 Å². The molecule has 0 aliphatic heterocycles. The zero-order valence-electron chi connectivity index (χ0n) is 15.0. The number of rotatable bonds is 7. The second kappa shape index (κ2) is 8.34. The number of nitrogens with one attached hydrogen (secondary N) is 2. The third kappa shape index (κ3) is 4.51. The number of amides is 1. The first-order chi connectivity index (χ1) is 12.7. The molecule has 0 saturated carbocycles. The minimum absolute atomic E-state index is 0.0216. The summed E-state index contributed by atoms with van der Waals surface area (Å²) in [7, 11) is 0. The van der Waals surface area contributed by atoms with E-state index in [1.165, 1.54) is 5.56 Å². The molecular weight excluding hydrogens is 326 g/mol. The molecule has 0 bridgehead atoms. The zero-order valence-corrected chi connectivity index (χ0v) is 15.0. The highest BCUT2D eigenvalue weighted by molar-refractivity contribution is 5.78. The molecule has 0 fully saturated rings. The lowest BCUT2D eigenvalue weighted by Crippen LogP contribution is -2.31. The number of carbonyl (C=O) groups excluding carboxylic acids is 1. The Kier molecular flexibility index (Phi) is 5.69. The lowest BCUT2D eigenvalue weighted by atomic mass is 10.1. The van der Waals surface area contributed by atoms with Crippen LogP contribution in [0.3, 0.4) is 0 Å². The monoisotopic (exact) mass is 349 g/mol. The number of ether oxygens (including phenoxy) is 1. The quantitative estimate of drug-likeness (QED) is 0.680. The first-order valence-corrected chi connectivity index (χ1v) is 8.76. The Morgan fingerprint density at radius 3 is 2.69 bits per heavy atom. The van der Waals surface area contributed by atoms with Gasteiger partial charge >= 0.3 is 0 Å². The van der Waals surface area contributed by atoms with E-state index in [-0.39, 0.29) is 18.6 Å². The summed E-state index contributed by atoms with van der Waals surface area (Å²) in [6.45, 7) is 4.07. The number of hydrogen-bond acceptors (Lipinski definition) is 3. The summed E-state index contributed by atoms with van der Waals surface area (Å²) in [6.07, 6.45) is 4.57. The number of nitrogens with zero attached hydrogens (tertiary/aromatic N) is 1. The van der Waals surface area contributed by atoms with Gasteiger partial charge < -0.3 is 10.1 Å². The van der Waals surface area contributed by atoms with Crippen LogP contribution in [-0.4, -0.2) is 22.7 Å². The SMILES string of the molecule is CCc1ccc(C(C)NC(=O)COc2cccc(-c3cn[nH]c3)c2)cc1. The van der Waals surface area contributed by atoms with Gasteiger partial charge in [-0.2, -0.15) is 5.10 Å².